The zero-order chi connectivity index (χ0) is 22.5. The SMILES string of the molecule is CCOc1ccc(-c2cc3c(=O)n(CC(=O)NCc4ccccc4OC)ncn3n2)cc1. The molecule has 9 nitrogen and oxygen atoms in total. The molecular weight excluding hydrogens is 410 g/mol. The standard InChI is InChI=1S/C23H23N5O4/c1-3-32-18-10-8-16(9-11-18)19-12-20-23(30)27(25-15-28(20)26-19)14-22(29)24-13-17-6-4-5-7-21(17)31-2/h4-12,15H,3,13-14H2,1-2H3,(H,24,29). The van der Waals surface area contributed by atoms with Gasteiger partial charge in [0, 0.05) is 17.7 Å². The molecule has 164 valence electrons. The van der Waals surface area contributed by atoms with Crippen molar-refractivity contribution in [2.24, 2.45) is 0 Å². The highest BCUT2D eigenvalue weighted by Gasteiger charge is 2.13. The largest absolute Gasteiger partial charge is 0.496 e. The summed E-state index contributed by atoms with van der Waals surface area (Å²) < 4.78 is 13.3. The first-order valence-electron chi connectivity index (χ1n) is 10.2. The molecule has 1 amide bonds. The minimum absolute atomic E-state index is 0.200. The lowest BCUT2D eigenvalue weighted by Gasteiger charge is -2.10. The molecule has 0 saturated carbocycles. The summed E-state index contributed by atoms with van der Waals surface area (Å²) in [4.78, 5) is 25.2. The quantitative estimate of drug-likeness (QED) is 0.458. The zero-order valence-electron chi connectivity index (χ0n) is 17.8. The molecule has 1 N–H and O–H groups in total. The van der Waals surface area contributed by atoms with Gasteiger partial charge >= 0.3 is 0 Å². The number of fused-ring (bicyclic) bond motifs is 1. The maximum Gasteiger partial charge on any atom is 0.293 e. The Morgan fingerprint density at radius 1 is 1.12 bits per heavy atom. The van der Waals surface area contributed by atoms with Gasteiger partial charge in [0.15, 0.2) is 0 Å². The highest BCUT2D eigenvalue weighted by molar-refractivity contribution is 5.76. The number of benzene rings is 2. The van der Waals surface area contributed by atoms with Crippen LogP contribution in [0.25, 0.3) is 16.8 Å². The first-order valence-corrected chi connectivity index (χ1v) is 10.2. The molecular formula is C23H23N5O4. The molecule has 0 aliphatic rings. The first kappa shape index (κ1) is 21.1. The van der Waals surface area contributed by atoms with Gasteiger partial charge in [0.05, 0.1) is 19.4 Å². The van der Waals surface area contributed by atoms with E-state index in [1.165, 1.54) is 10.8 Å². The summed E-state index contributed by atoms with van der Waals surface area (Å²) in [6.45, 7) is 2.60. The van der Waals surface area contributed by atoms with Gasteiger partial charge in [-0.25, -0.2) is 9.20 Å². The Bertz CT molecular complexity index is 1290. The first-order chi connectivity index (χ1) is 15.6. The van der Waals surface area contributed by atoms with Gasteiger partial charge in [-0.1, -0.05) is 18.2 Å². The molecule has 0 spiro atoms. The van der Waals surface area contributed by atoms with Gasteiger partial charge in [0.2, 0.25) is 5.91 Å². The van der Waals surface area contributed by atoms with Crippen molar-refractivity contribution in [2.75, 3.05) is 13.7 Å². The molecule has 2 heterocycles. The summed E-state index contributed by atoms with van der Waals surface area (Å²) in [6.07, 6.45) is 1.42. The maximum absolute atomic E-state index is 12.8. The van der Waals surface area contributed by atoms with E-state index >= 15 is 0 Å². The predicted molar refractivity (Wildman–Crippen MR) is 119 cm³/mol. The number of para-hydroxylation sites is 1. The molecule has 2 aromatic carbocycles. The minimum Gasteiger partial charge on any atom is -0.496 e. The fourth-order valence-corrected chi connectivity index (χ4v) is 3.32. The van der Waals surface area contributed by atoms with Gasteiger partial charge in [0.1, 0.15) is 29.9 Å². The molecule has 9 heteroatoms. The van der Waals surface area contributed by atoms with Crippen LogP contribution < -0.4 is 20.3 Å². The van der Waals surface area contributed by atoms with Crippen molar-refractivity contribution in [1.82, 2.24) is 24.7 Å². The molecule has 0 atom stereocenters. The fourth-order valence-electron chi connectivity index (χ4n) is 3.32. The van der Waals surface area contributed by atoms with Gasteiger partial charge in [-0.3, -0.25) is 9.59 Å². The van der Waals surface area contributed by atoms with Crippen LogP contribution >= 0.6 is 0 Å². The van der Waals surface area contributed by atoms with Crippen LogP contribution in [-0.4, -0.2) is 39.0 Å². The van der Waals surface area contributed by atoms with E-state index in [1.54, 1.807) is 13.2 Å². The Morgan fingerprint density at radius 3 is 2.66 bits per heavy atom. The number of rotatable bonds is 8. The average molecular weight is 433 g/mol. The average Bonchev–Trinajstić information content (AvgIpc) is 3.26. The summed E-state index contributed by atoms with van der Waals surface area (Å²) in [6, 6.07) is 16.6. The summed E-state index contributed by atoms with van der Waals surface area (Å²) in [5, 5.41) is 11.3. The lowest BCUT2D eigenvalue weighted by atomic mass is 10.1. The number of amides is 1. The number of carbonyl (C=O) groups is 1. The van der Waals surface area contributed by atoms with Crippen molar-refractivity contribution >= 4 is 11.4 Å². The topological polar surface area (TPSA) is 99.8 Å². The maximum atomic E-state index is 12.8. The number of ether oxygens (including phenoxy) is 2. The summed E-state index contributed by atoms with van der Waals surface area (Å²) >= 11 is 0. The molecule has 0 aliphatic heterocycles. The summed E-state index contributed by atoms with van der Waals surface area (Å²) in [7, 11) is 1.58. The third-order valence-electron chi connectivity index (χ3n) is 4.91. The second kappa shape index (κ2) is 9.34. The highest BCUT2D eigenvalue weighted by atomic mass is 16.5. The normalized spacial score (nSPS) is 10.8. The zero-order valence-corrected chi connectivity index (χ0v) is 17.8. The number of hydrogen-bond acceptors (Lipinski definition) is 6. The monoisotopic (exact) mass is 433 g/mol. The van der Waals surface area contributed by atoms with Crippen LogP contribution in [0.2, 0.25) is 0 Å². The number of hydrogen-bond donors (Lipinski definition) is 1. The van der Waals surface area contributed by atoms with Crippen molar-refractivity contribution in [3.63, 3.8) is 0 Å². The molecule has 32 heavy (non-hydrogen) atoms. The predicted octanol–water partition coefficient (Wildman–Crippen LogP) is 2.28. The van der Waals surface area contributed by atoms with Gasteiger partial charge < -0.3 is 14.8 Å². The number of nitrogens with zero attached hydrogens (tertiary/aromatic N) is 4. The Morgan fingerprint density at radius 2 is 1.91 bits per heavy atom. The van der Waals surface area contributed by atoms with E-state index in [0.717, 1.165) is 21.6 Å². The number of methoxy groups -OCH3 is 1. The third kappa shape index (κ3) is 4.46. The van der Waals surface area contributed by atoms with E-state index in [1.807, 2.05) is 55.5 Å². The Labute approximate surface area is 184 Å². The molecule has 2 aromatic heterocycles. The second-order valence-corrected chi connectivity index (χ2v) is 7.00. The van der Waals surface area contributed by atoms with Crippen molar-refractivity contribution < 1.29 is 14.3 Å². The van der Waals surface area contributed by atoms with Crippen molar-refractivity contribution in [1.29, 1.82) is 0 Å². The van der Waals surface area contributed by atoms with Crippen LogP contribution in [0.3, 0.4) is 0 Å². The lowest BCUT2D eigenvalue weighted by Crippen LogP contribution is -2.34. The van der Waals surface area contributed by atoms with Gasteiger partial charge in [-0.2, -0.15) is 10.2 Å². The van der Waals surface area contributed by atoms with E-state index in [-0.39, 0.29) is 19.0 Å². The molecule has 0 fully saturated rings. The van der Waals surface area contributed by atoms with Crippen LogP contribution in [0.4, 0.5) is 0 Å². The van der Waals surface area contributed by atoms with E-state index < -0.39 is 5.56 Å². The molecule has 0 saturated heterocycles. The van der Waals surface area contributed by atoms with E-state index in [0.29, 0.717) is 23.6 Å². The highest BCUT2D eigenvalue weighted by Crippen LogP contribution is 2.22. The number of aromatic nitrogens is 4. The number of nitrogens with one attached hydrogen (secondary N) is 1. The lowest BCUT2D eigenvalue weighted by molar-refractivity contribution is -0.122. The van der Waals surface area contributed by atoms with E-state index in [4.69, 9.17) is 9.47 Å². The molecule has 0 aliphatic carbocycles. The molecule has 0 radical (unpaired) electrons. The minimum atomic E-state index is -0.398. The van der Waals surface area contributed by atoms with Crippen LogP contribution in [0, 0.1) is 0 Å². The second-order valence-electron chi connectivity index (χ2n) is 7.00. The van der Waals surface area contributed by atoms with E-state index in [9.17, 15) is 9.59 Å². The van der Waals surface area contributed by atoms with Crippen molar-refractivity contribution in [3.8, 4) is 22.8 Å². The molecule has 0 unspecified atom stereocenters. The summed E-state index contributed by atoms with van der Waals surface area (Å²) in [5.41, 5.74) is 2.25. The molecule has 0 bridgehead atoms. The Balaban J connectivity index is 1.49. The van der Waals surface area contributed by atoms with Crippen LogP contribution in [0.1, 0.15) is 12.5 Å². The number of carbonyl (C=O) groups excluding carboxylic acids is 1. The molecule has 4 aromatic rings. The van der Waals surface area contributed by atoms with Crippen molar-refractivity contribution in [2.45, 2.75) is 20.0 Å². The van der Waals surface area contributed by atoms with Gasteiger partial charge in [-0.05, 0) is 43.3 Å². The smallest absolute Gasteiger partial charge is 0.293 e. The van der Waals surface area contributed by atoms with E-state index in [2.05, 4.69) is 15.5 Å². The van der Waals surface area contributed by atoms with Crippen LogP contribution in [0.15, 0.2) is 65.7 Å². The summed E-state index contributed by atoms with van der Waals surface area (Å²) in [5.74, 6) is 1.12. The Kier molecular flexibility index (Phi) is 6.16. The van der Waals surface area contributed by atoms with Gasteiger partial charge in [-0.15, -0.1) is 0 Å². The van der Waals surface area contributed by atoms with Gasteiger partial charge in [0.25, 0.3) is 5.56 Å². The fraction of sp³-hybridized carbons (Fsp3) is 0.217. The Hall–Kier alpha value is -4.14. The molecule has 4 rings (SSSR count). The van der Waals surface area contributed by atoms with Crippen LogP contribution in [-0.2, 0) is 17.9 Å². The third-order valence-corrected chi connectivity index (χ3v) is 4.91. The van der Waals surface area contributed by atoms with Crippen molar-refractivity contribution in [3.05, 3.63) is 76.8 Å². The van der Waals surface area contributed by atoms with Crippen LogP contribution in [0.5, 0.6) is 11.5 Å².